The maximum atomic E-state index is 5.47. The summed E-state index contributed by atoms with van der Waals surface area (Å²) in [6.07, 6.45) is 7.90. The van der Waals surface area contributed by atoms with E-state index >= 15 is 0 Å². The zero-order valence-corrected chi connectivity index (χ0v) is 11.3. The quantitative estimate of drug-likeness (QED) is 0.872. The molecule has 94 valence electrons. The molecule has 2 nitrogen and oxygen atoms in total. The largest absolute Gasteiger partial charge is 0.327 e. The molecule has 0 fully saturated rings. The van der Waals surface area contributed by atoms with Crippen molar-refractivity contribution in [3.05, 3.63) is 47.8 Å². The molecule has 0 aliphatic heterocycles. The maximum Gasteiger partial charge on any atom is 0.0346 e. The van der Waals surface area contributed by atoms with Crippen molar-refractivity contribution in [2.24, 2.45) is 5.73 Å². The molecule has 0 atom stereocenters. The van der Waals surface area contributed by atoms with Crippen LogP contribution < -0.4 is 5.73 Å². The summed E-state index contributed by atoms with van der Waals surface area (Å²) in [6, 6.07) is 6.46. The molecule has 18 heavy (non-hydrogen) atoms. The number of pyridine rings is 1. The highest BCUT2D eigenvalue weighted by atomic mass is 14.6. The minimum absolute atomic E-state index is 0.112. The van der Waals surface area contributed by atoms with Crippen molar-refractivity contribution in [3.63, 3.8) is 0 Å². The first-order valence-corrected chi connectivity index (χ1v) is 6.27. The van der Waals surface area contributed by atoms with Gasteiger partial charge in [0.2, 0.25) is 0 Å². The van der Waals surface area contributed by atoms with Crippen molar-refractivity contribution < 1.29 is 0 Å². The first kappa shape index (κ1) is 12.8. The predicted octanol–water partition coefficient (Wildman–Crippen LogP) is 3.50. The first-order valence-electron chi connectivity index (χ1n) is 6.27. The highest BCUT2D eigenvalue weighted by molar-refractivity contribution is 5.87. The molecule has 2 heteroatoms. The van der Waals surface area contributed by atoms with E-state index in [9.17, 15) is 0 Å². The summed E-state index contributed by atoms with van der Waals surface area (Å²) in [6.45, 7) is 7.21. The van der Waals surface area contributed by atoms with Crippen molar-refractivity contribution in [2.75, 3.05) is 6.54 Å². The Morgan fingerprint density at radius 3 is 2.67 bits per heavy atom. The minimum Gasteiger partial charge on any atom is -0.327 e. The molecular formula is C16H20N2. The maximum absolute atomic E-state index is 5.47. The average molecular weight is 240 g/mol. The van der Waals surface area contributed by atoms with Crippen molar-refractivity contribution >= 4 is 16.8 Å². The minimum atomic E-state index is 0.112. The normalized spacial score (nSPS) is 12.4. The first-order chi connectivity index (χ1) is 8.52. The zero-order chi connectivity index (χ0) is 13.2. The lowest BCUT2D eigenvalue weighted by Gasteiger charge is -2.20. The second-order valence-corrected chi connectivity index (χ2v) is 5.56. The van der Waals surface area contributed by atoms with Crippen LogP contribution in [0.25, 0.3) is 16.8 Å². The molecule has 0 radical (unpaired) electrons. The number of fused-ring (bicyclic) bond motifs is 1. The third-order valence-corrected chi connectivity index (χ3v) is 3.04. The van der Waals surface area contributed by atoms with Gasteiger partial charge in [-0.1, -0.05) is 45.1 Å². The molecule has 0 aliphatic carbocycles. The number of hydrogen-bond acceptors (Lipinski definition) is 2. The topological polar surface area (TPSA) is 38.9 Å². The number of rotatable bonds is 2. The Kier molecular flexibility index (Phi) is 3.48. The Bertz CT molecular complexity index is 577. The molecule has 0 saturated heterocycles. The van der Waals surface area contributed by atoms with Crippen LogP contribution in [0.4, 0.5) is 0 Å². The standard InChI is InChI=1S/C16H20N2/c1-16(2,3)15-11-18-10-13-9-12(5-4-8-17)6-7-14(13)15/h4-7,9-11H,8,17H2,1-3H3/b5-4+. The second-order valence-electron chi connectivity index (χ2n) is 5.56. The van der Waals surface area contributed by atoms with Crippen molar-refractivity contribution in [2.45, 2.75) is 26.2 Å². The number of benzene rings is 1. The Morgan fingerprint density at radius 2 is 2.00 bits per heavy atom. The Morgan fingerprint density at radius 1 is 1.22 bits per heavy atom. The van der Waals surface area contributed by atoms with E-state index in [0.717, 1.165) is 0 Å². The number of nitrogens with zero attached hydrogens (tertiary/aromatic N) is 1. The van der Waals surface area contributed by atoms with Gasteiger partial charge >= 0.3 is 0 Å². The summed E-state index contributed by atoms with van der Waals surface area (Å²) < 4.78 is 0. The highest BCUT2D eigenvalue weighted by Gasteiger charge is 2.16. The molecule has 0 spiro atoms. The van der Waals surface area contributed by atoms with E-state index in [1.807, 2.05) is 24.5 Å². The van der Waals surface area contributed by atoms with Crippen LogP contribution in [0.2, 0.25) is 0 Å². The van der Waals surface area contributed by atoms with Crippen molar-refractivity contribution in [1.82, 2.24) is 4.98 Å². The molecule has 0 bridgehead atoms. The summed E-state index contributed by atoms with van der Waals surface area (Å²) in [5.74, 6) is 0. The van der Waals surface area contributed by atoms with Crippen molar-refractivity contribution in [1.29, 1.82) is 0 Å². The molecule has 1 aromatic carbocycles. The van der Waals surface area contributed by atoms with Gasteiger partial charge in [-0.15, -0.1) is 0 Å². The smallest absolute Gasteiger partial charge is 0.0346 e. The molecule has 2 N–H and O–H groups in total. The van der Waals surface area contributed by atoms with Gasteiger partial charge in [-0.3, -0.25) is 4.98 Å². The Hall–Kier alpha value is -1.67. The SMILES string of the molecule is CC(C)(C)c1cncc2cc(/C=C/CN)ccc12. The van der Waals surface area contributed by atoms with E-state index < -0.39 is 0 Å². The van der Waals surface area contributed by atoms with Gasteiger partial charge < -0.3 is 5.73 Å². The van der Waals surface area contributed by atoms with Gasteiger partial charge in [0, 0.05) is 24.3 Å². The van der Waals surface area contributed by atoms with Crippen molar-refractivity contribution in [3.8, 4) is 0 Å². The predicted molar refractivity (Wildman–Crippen MR) is 78.5 cm³/mol. The monoisotopic (exact) mass is 240 g/mol. The lowest BCUT2D eigenvalue weighted by atomic mass is 9.85. The van der Waals surface area contributed by atoms with E-state index in [1.54, 1.807) is 0 Å². The van der Waals surface area contributed by atoms with Crippen LogP contribution in [0, 0.1) is 0 Å². The summed E-state index contributed by atoms with van der Waals surface area (Å²) in [5, 5.41) is 2.46. The summed E-state index contributed by atoms with van der Waals surface area (Å²) in [5.41, 5.74) is 8.04. The molecular weight excluding hydrogens is 220 g/mol. The van der Waals surface area contributed by atoms with Crippen LogP contribution in [0.15, 0.2) is 36.7 Å². The van der Waals surface area contributed by atoms with E-state index in [1.165, 1.54) is 21.9 Å². The van der Waals surface area contributed by atoms with Crippen LogP contribution in [0.3, 0.4) is 0 Å². The second kappa shape index (κ2) is 4.91. The third kappa shape index (κ3) is 2.59. The molecule has 0 amide bonds. The lowest BCUT2D eigenvalue weighted by Crippen LogP contribution is -2.12. The van der Waals surface area contributed by atoms with Crippen LogP contribution in [-0.4, -0.2) is 11.5 Å². The van der Waals surface area contributed by atoms with Gasteiger partial charge in [0.25, 0.3) is 0 Å². The molecule has 1 aromatic heterocycles. The third-order valence-electron chi connectivity index (χ3n) is 3.04. The van der Waals surface area contributed by atoms with Gasteiger partial charge in [0.1, 0.15) is 0 Å². The van der Waals surface area contributed by atoms with E-state index in [2.05, 4.69) is 44.0 Å². The molecule has 0 saturated carbocycles. The van der Waals surface area contributed by atoms with Crippen LogP contribution >= 0.6 is 0 Å². The molecule has 2 rings (SSSR count). The van der Waals surface area contributed by atoms with Crippen LogP contribution in [0.1, 0.15) is 31.9 Å². The fourth-order valence-corrected chi connectivity index (χ4v) is 2.10. The lowest BCUT2D eigenvalue weighted by molar-refractivity contribution is 0.593. The number of hydrogen-bond donors (Lipinski definition) is 1. The molecule has 1 heterocycles. The van der Waals surface area contributed by atoms with E-state index in [0.29, 0.717) is 6.54 Å². The van der Waals surface area contributed by atoms with Crippen LogP contribution in [-0.2, 0) is 5.41 Å². The fourth-order valence-electron chi connectivity index (χ4n) is 2.10. The van der Waals surface area contributed by atoms with Gasteiger partial charge in [-0.05, 0) is 28.0 Å². The number of nitrogens with two attached hydrogens (primary N) is 1. The summed E-state index contributed by atoms with van der Waals surface area (Å²) in [4.78, 5) is 4.35. The van der Waals surface area contributed by atoms with Gasteiger partial charge in [-0.25, -0.2) is 0 Å². The van der Waals surface area contributed by atoms with Gasteiger partial charge in [0.15, 0.2) is 0 Å². The number of aromatic nitrogens is 1. The Balaban J connectivity index is 2.57. The molecule has 0 unspecified atom stereocenters. The van der Waals surface area contributed by atoms with Gasteiger partial charge in [0.05, 0.1) is 0 Å². The summed E-state index contributed by atoms with van der Waals surface area (Å²) in [7, 11) is 0. The van der Waals surface area contributed by atoms with E-state index in [4.69, 9.17) is 5.73 Å². The fraction of sp³-hybridized carbons (Fsp3) is 0.312. The Labute approximate surface area is 109 Å². The van der Waals surface area contributed by atoms with E-state index in [-0.39, 0.29) is 5.41 Å². The summed E-state index contributed by atoms with van der Waals surface area (Å²) >= 11 is 0. The van der Waals surface area contributed by atoms with Gasteiger partial charge in [-0.2, -0.15) is 0 Å². The highest BCUT2D eigenvalue weighted by Crippen LogP contribution is 2.29. The van der Waals surface area contributed by atoms with Crippen LogP contribution in [0.5, 0.6) is 0 Å². The molecule has 2 aromatic rings. The average Bonchev–Trinajstić information content (AvgIpc) is 2.34. The molecule has 0 aliphatic rings. The zero-order valence-electron chi connectivity index (χ0n) is 11.3.